The van der Waals surface area contributed by atoms with E-state index in [0.717, 1.165) is 5.56 Å². The average molecular weight is 441 g/mol. The van der Waals surface area contributed by atoms with Crippen molar-refractivity contribution in [2.24, 2.45) is 0 Å². The van der Waals surface area contributed by atoms with Crippen LogP contribution in [0.5, 0.6) is 5.75 Å². The number of ether oxygens (including phenoxy) is 1. The van der Waals surface area contributed by atoms with E-state index >= 15 is 0 Å². The smallest absolute Gasteiger partial charge is 0.295 e. The van der Waals surface area contributed by atoms with Gasteiger partial charge in [0.15, 0.2) is 5.43 Å². The summed E-state index contributed by atoms with van der Waals surface area (Å²) < 4.78 is 25.3. The fraction of sp³-hybridized carbons (Fsp3) is 0.111. The van der Waals surface area contributed by atoms with Gasteiger partial charge in [-0.2, -0.15) is 0 Å². The standard InChI is InChI=1S/C27H20FNO4/c1-3-13-32-20-6-4-5-17(15-20)24-23-25(30)21-14-16(2)7-12-22(21)33-26(23)27(31)29(24)19-10-8-18(28)9-11-19/h3-12,14-15,24H,1,13H2,2H3. The molecule has 0 spiro atoms. The van der Waals surface area contributed by atoms with E-state index in [1.807, 2.05) is 19.1 Å². The van der Waals surface area contributed by atoms with Crippen molar-refractivity contribution >= 4 is 22.6 Å². The van der Waals surface area contributed by atoms with Gasteiger partial charge in [0.25, 0.3) is 5.91 Å². The van der Waals surface area contributed by atoms with Crippen LogP contribution in [0.4, 0.5) is 10.1 Å². The Morgan fingerprint density at radius 3 is 2.64 bits per heavy atom. The number of carbonyl (C=O) groups is 1. The number of fused-ring (bicyclic) bond motifs is 2. The molecular formula is C27H20FNO4. The maximum Gasteiger partial charge on any atom is 0.295 e. The highest BCUT2D eigenvalue weighted by molar-refractivity contribution is 6.10. The van der Waals surface area contributed by atoms with Crippen molar-refractivity contribution in [1.29, 1.82) is 0 Å². The first-order valence-electron chi connectivity index (χ1n) is 10.5. The summed E-state index contributed by atoms with van der Waals surface area (Å²) in [7, 11) is 0. The van der Waals surface area contributed by atoms with Crippen LogP contribution in [0.25, 0.3) is 11.0 Å². The molecule has 5 nitrogen and oxygen atoms in total. The summed E-state index contributed by atoms with van der Waals surface area (Å²) in [6.45, 7) is 5.87. The lowest BCUT2D eigenvalue weighted by Crippen LogP contribution is -2.29. The van der Waals surface area contributed by atoms with Gasteiger partial charge in [-0.25, -0.2) is 4.39 Å². The molecule has 1 atom stereocenters. The SMILES string of the molecule is C=CCOc1cccc(C2c3c(oc4ccc(C)cc4c3=O)C(=O)N2c2ccc(F)cc2)c1. The molecular weight excluding hydrogens is 421 g/mol. The van der Waals surface area contributed by atoms with E-state index in [9.17, 15) is 14.0 Å². The van der Waals surface area contributed by atoms with Crippen molar-refractivity contribution in [2.75, 3.05) is 11.5 Å². The summed E-state index contributed by atoms with van der Waals surface area (Å²) in [5.41, 5.74) is 2.37. The number of hydrogen-bond donors (Lipinski definition) is 0. The molecule has 33 heavy (non-hydrogen) atoms. The van der Waals surface area contributed by atoms with Crippen LogP contribution in [0.1, 0.15) is 33.3 Å². The third-order valence-electron chi connectivity index (χ3n) is 5.67. The molecule has 0 bridgehead atoms. The van der Waals surface area contributed by atoms with Gasteiger partial charge in [-0.05, 0) is 61.0 Å². The van der Waals surface area contributed by atoms with Crippen LogP contribution in [0.2, 0.25) is 0 Å². The second-order valence-corrected chi connectivity index (χ2v) is 7.90. The highest BCUT2D eigenvalue weighted by atomic mass is 19.1. The molecule has 0 saturated carbocycles. The summed E-state index contributed by atoms with van der Waals surface area (Å²) in [6, 6.07) is 17.3. The van der Waals surface area contributed by atoms with Crippen molar-refractivity contribution < 1.29 is 18.3 Å². The van der Waals surface area contributed by atoms with Crippen LogP contribution in [-0.4, -0.2) is 12.5 Å². The van der Waals surface area contributed by atoms with E-state index in [4.69, 9.17) is 9.15 Å². The Labute approximate surface area is 189 Å². The quantitative estimate of drug-likeness (QED) is 0.381. The molecule has 1 aliphatic heterocycles. The van der Waals surface area contributed by atoms with Crippen molar-refractivity contribution in [3.63, 3.8) is 0 Å². The first kappa shape index (κ1) is 20.7. The molecule has 4 aromatic rings. The Morgan fingerprint density at radius 2 is 1.88 bits per heavy atom. The Balaban J connectivity index is 1.76. The summed E-state index contributed by atoms with van der Waals surface area (Å²) in [5.74, 6) is -0.315. The van der Waals surface area contributed by atoms with Crippen LogP contribution in [0.3, 0.4) is 0 Å². The first-order valence-corrected chi connectivity index (χ1v) is 10.5. The molecule has 164 valence electrons. The van der Waals surface area contributed by atoms with Gasteiger partial charge in [0.1, 0.15) is 23.8 Å². The molecule has 0 aliphatic carbocycles. The number of carbonyl (C=O) groups excluding carboxylic acids is 1. The maximum absolute atomic E-state index is 13.6. The fourth-order valence-electron chi connectivity index (χ4n) is 4.20. The molecule has 0 radical (unpaired) electrons. The predicted molar refractivity (Wildman–Crippen MR) is 124 cm³/mol. The monoisotopic (exact) mass is 441 g/mol. The molecule has 3 aromatic carbocycles. The summed E-state index contributed by atoms with van der Waals surface area (Å²) in [4.78, 5) is 28.7. The third kappa shape index (κ3) is 3.49. The molecule has 1 unspecified atom stereocenters. The molecule has 0 N–H and O–H groups in total. The third-order valence-corrected chi connectivity index (χ3v) is 5.67. The van der Waals surface area contributed by atoms with Gasteiger partial charge in [-0.1, -0.05) is 36.4 Å². The van der Waals surface area contributed by atoms with Crippen molar-refractivity contribution in [3.8, 4) is 5.75 Å². The molecule has 1 amide bonds. The number of nitrogens with zero attached hydrogens (tertiary/aromatic N) is 1. The summed E-state index contributed by atoms with van der Waals surface area (Å²) >= 11 is 0. The van der Waals surface area contributed by atoms with Gasteiger partial charge in [0, 0.05) is 5.69 Å². The Morgan fingerprint density at radius 1 is 1.09 bits per heavy atom. The van der Waals surface area contributed by atoms with Crippen LogP contribution < -0.4 is 15.1 Å². The number of amides is 1. The van der Waals surface area contributed by atoms with Gasteiger partial charge < -0.3 is 9.15 Å². The van der Waals surface area contributed by atoms with Gasteiger partial charge >= 0.3 is 0 Å². The average Bonchev–Trinajstić information content (AvgIpc) is 3.11. The molecule has 0 fully saturated rings. The van der Waals surface area contributed by atoms with E-state index < -0.39 is 17.8 Å². The zero-order valence-corrected chi connectivity index (χ0v) is 17.9. The van der Waals surface area contributed by atoms with Gasteiger partial charge in [-0.3, -0.25) is 14.5 Å². The highest BCUT2D eigenvalue weighted by Gasteiger charge is 2.43. The Bertz CT molecular complexity index is 1460. The Hall–Kier alpha value is -4.19. The van der Waals surface area contributed by atoms with Crippen molar-refractivity contribution in [3.05, 3.63) is 118 Å². The summed E-state index contributed by atoms with van der Waals surface area (Å²) in [6.07, 6.45) is 1.63. The summed E-state index contributed by atoms with van der Waals surface area (Å²) in [5, 5.41) is 0.409. The zero-order chi connectivity index (χ0) is 23.1. The predicted octanol–water partition coefficient (Wildman–Crippen LogP) is 5.56. The number of anilines is 1. The maximum atomic E-state index is 13.6. The lowest BCUT2D eigenvalue weighted by atomic mass is 9.97. The van der Waals surface area contributed by atoms with Crippen LogP contribution in [-0.2, 0) is 0 Å². The fourth-order valence-corrected chi connectivity index (χ4v) is 4.20. The lowest BCUT2D eigenvalue weighted by molar-refractivity contribution is 0.0971. The second kappa shape index (κ2) is 8.06. The van der Waals surface area contributed by atoms with Gasteiger partial charge in [-0.15, -0.1) is 0 Å². The van der Waals surface area contributed by atoms with Crippen LogP contribution in [0.15, 0.2) is 88.6 Å². The van der Waals surface area contributed by atoms with Gasteiger partial charge in [0.2, 0.25) is 5.76 Å². The molecule has 0 saturated heterocycles. The minimum Gasteiger partial charge on any atom is -0.490 e. The number of hydrogen-bond acceptors (Lipinski definition) is 4. The van der Waals surface area contributed by atoms with Crippen molar-refractivity contribution in [2.45, 2.75) is 13.0 Å². The van der Waals surface area contributed by atoms with E-state index in [-0.39, 0.29) is 16.8 Å². The van der Waals surface area contributed by atoms with Crippen LogP contribution in [0, 0.1) is 12.7 Å². The van der Waals surface area contributed by atoms with Gasteiger partial charge in [0.05, 0.1) is 17.0 Å². The minimum atomic E-state index is -0.758. The normalized spacial score (nSPS) is 15.0. The number of aryl methyl sites for hydroxylation is 1. The van der Waals surface area contributed by atoms with Crippen LogP contribution >= 0.6 is 0 Å². The van der Waals surface area contributed by atoms with Crippen molar-refractivity contribution in [1.82, 2.24) is 0 Å². The van der Waals surface area contributed by atoms with E-state index in [1.165, 1.54) is 29.2 Å². The minimum absolute atomic E-state index is 0.0110. The molecule has 2 heterocycles. The molecule has 1 aliphatic rings. The number of benzene rings is 3. The second-order valence-electron chi connectivity index (χ2n) is 7.90. The Kier molecular flexibility index (Phi) is 5.05. The van der Waals surface area contributed by atoms with E-state index in [0.29, 0.717) is 34.6 Å². The number of halogens is 1. The van der Waals surface area contributed by atoms with E-state index in [2.05, 4.69) is 6.58 Å². The first-order chi connectivity index (χ1) is 16.0. The number of rotatable bonds is 5. The topological polar surface area (TPSA) is 59.8 Å². The zero-order valence-electron chi connectivity index (χ0n) is 17.9. The molecule has 6 heteroatoms. The molecule has 5 rings (SSSR count). The molecule has 1 aromatic heterocycles. The largest absolute Gasteiger partial charge is 0.490 e. The van der Waals surface area contributed by atoms with E-state index in [1.54, 1.807) is 36.4 Å². The lowest BCUT2D eigenvalue weighted by Gasteiger charge is -2.25. The highest BCUT2D eigenvalue weighted by Crippen LogP contribution is 2.42.